The number of amides is 1. The third-order valence-electron chi connectivity index (χ3n) is 9.84. The van der Waals surface area contributed by atoms with E-state index < -0.39 is 12.1 Å². The van der Waals surface area contributed by atoms with Crippen LogP contribution in [0.15, 0.2) is 30.3 Å². The lowest BCUT2D eigenvalue weighted by Gasteiger charge is -2.47. The second-order valence-electron chi connectivity index (χ2n) is 12.7. The van der Waals surface area contributed by atoms with Gasteiger partial charge < -0.3 is 25.0 Å². The monoisotopic (exact) mass is 607 g/mol. The van der Waals surface area contributed by atoms with Crippen LogP contribution in [0.2, 0.25) is 0 Å². The number of likely N-dealkylation sites (tertiary alicyclic amines) is 1. The van der Waals surface area contributed by atoms with E-state index in [-0.39, 0.29) is 11.3 Å². The molecule has 3 fully saturated rings. The zero-order valence-electron chi connectivity index (χ0n) is 24.4. The van der Waals surface area contributed by atoms with E-state index in [0.29, 0.717) is 23.8 Å². The van der Waals surface area contributed by atoms with Gasteiger partial charge in [0, 0.05) is 12.6 Å². The fourth-order valence-electron chi connectivity index (χ4n) is 8.07. The second-order valence-corrected chi connectivity index (χ2v) is 13.9. The largest absolute Gasteiger partial charge is 0.542 e. The number of alkyl halides is 3. The Balaban J connectivity index is 0.000000451. The Hall–Kier alpha value is -2.50. The van der Waals surface area contributed by atoms with Crippen molar-refractivity contribution in [1.82, 2.24) is 9.88 Å². The van der Waals surface area contributed by atoms with Crippen LogP contribution in [0, 0.1) is 18.8 Å². The summed E-state index contributed by atoms with van der Waals surface area (Å²) in [7, 11) is 2.29. The van der Waals surface area contributed by atoms with E-state index >= 15 is 0 Å². The van der Waals surface area contributed by atoms with Gasteiger partial charge in [-0.15, -0.1) is 11.3 Å². The van der Waals surface area contributed by atoms with Gasteiger partial charge in [-0.2, -0.15) is 13.2 Å². The Bertz CT molecular complexity index is 1250. The summed E-state index contributed by atoms with van der Waals surface area (Å²) in [6.07, 6.45) is 3.66. The number of carbonyl (C=O) groups is 2. The van der Waals surface area contributed by atoms with E-state index in [9.17, 15) is 18.0 Å². The Morgan fingerprint density at radius 2 is 1.83 bits per heavy atom. The van der Waals surface area contributed by atoms with Gasteiger partial charge >= 0.3 is 6.18 Å². The summed E-state index contributed by atoms with van der Waals surface area (Å²) in [5.74, 6) is -1.23. The molecule has 1 amide bonds. The van der Waals surface area contributed by atoms with Crippen molar-refractivity contribution in [3.8, 4) is 0 Å². The molecule has 0 bridgehead atoms. The number of rotatable bonds is 3. The highest BCUT2D eigenvalue weighted by Crippen LogP contribution is 2.44. The number of hydrogen-bond acceptors (Lipinski definition) is 5. The van der Waals surface area contributed by atoms with Crippen LogP contribution in [0.4, 0.5) is 13.2 Å². The number of nitrogens with one attached hydrogen (secondary N) is 1. The minimum Gasteiger partial charge on any atom is -0.542 e. The standard InChI is InChI=1S/C29H40N4OS.C2HF3O2/c1-20-31-25-17-32(2)19-29(27(25)35-20)18-30-16-24(29)28(34)33-14-13-23(21-9-5-3-6-10-21)15-26(33)22-11-7-4-8-12-22;3-2(4,5)1(6)7/h3,5-6,9-10,22-24,26,30H,4,7-8,11-19H2,1-2H3;(H,6,7)/p+1/t23-,24?,26+,29+;/m1./s1. The maximum absolute atomic E-state index is 14.6. The predicted molar refractivity (Wildman–Crippen MR) is 151 cm³/mol. The van der Waals surface area contributed by atoms with Gasteiger partial charge in [-0.3, -0.25) is 4.79 Å². The first-order valence-electron chi connectivity index (χ1n) is 15.2. The van der Waals surface area contributed by atoms with Crippen LogP contribution in [0.25, 0.3) is 0 Å². The van der Waals surface area contributed by atoms with E-state index in [1.807, 2.05) is 11.3 Å². The van der Waals surface area contributed by atoms with Crippen molar-refractivity contribution in [2.75, 3.05) is 33.2 Å². The number of hydrogen-bond donors (Lipinski definition) is 2. The van der Waals surface area contributed by atoms with E-state index in [1.165, 1.54) is 53.1 Å². The summed E-state index contributed by atoms with van der Waals surface area (Å²) in [6, 6.07) is 11.5. The lowest BCUT2D eigenvalue weighted by Crippen LogP contribution is -3.11. The summed E-state index contributed by atoms with van der Waals surface area (Å²) in [5.41, 5.74) is 2.68. The molecule has 1 aromatic carbocycles. The van der Waals surface area contributed by atoms with Crippen LogP contribution >= 0.6 is 11.3 Å². The first-order valence-corrected chi connectivity index (χ1v) is 16.0. The summed E-state index contributed by atoms with van der Waals surface area (Å²) in [4.78, 5) is 33.6. The Kier molecular flexibility index (Phi) is 9.30. The summed E-state index contributed by atoms with van der Waals surface area (Å²) < 4.78 is 31.5. The summed E-state index contributed by atoms with van der Waals surface area (Å²) >= 11 is 1.87. The van der Waals surface area contributed by atoms with Gasteiger partial charge in [0.15, 0.2) is 0 Å². The molecule has 4 aliphatic rings. The topological polar surface area (TPSA) is 94.4 Å². The van der Waals surface area contributed by atoms with Crippen molar-refractivity contribution >= 4 is 23.2 Å². The minimum absolute atomic E-state index is 0.0475. The molecule has 4 heterocycles. The van der Waals surface area contributed by atoms with Crippen molar-refractivity contribution in [3.05, 3.63) is 51.5 Å². The summed E-state index contributed by atoms with van der Waals surface area (Å²) in [6.45, 7) is 7.07. The molecule has 3 aliphatic heterocycles. The molecule has 2 aromatic rings. The third-order valence-corrected chi connectivity index (χ3v) is 11.1. The van der Waals surface area contributed by atoms with Gasteiger partial charge in [0.05, 0.1) is 36.6 Å². The Morgan fingerprint density at radius 3 is 2.50 bits per heavy atom. The molecule has 0 radical (unpaired) electrons. The van der Waals surface area contributed by atoms with Gasteiger partial charge in [-0.05, 0) is 50.0 Å². The Labute approximate surface area is 249 Å². The zero-order chi connectivity index (χ0) is 30.1. The van der Waals surface area contributed by atoms with Crippen molar-refractivity contribution in [1.29, 1.82) is 0 Å². The average molecular weight is 608 g/mol. The molecule has 7 nitrogen and oxygen atoms in total. The number of halogens is 3. The average Bonchev–Trinajstić information content (AvgIpc) is 3.56. The van der Waals surface area contributed by atoms with Gasteiger partial charge in [-0.25, -0.2) is 4.98 Å². The van der Waals surface area contributed by atoms with Crippen LogP contribution in [0.3, 0.4) is 0 Å². The molecule has 3 N–H and O–H groups in total. The van der Waals surface area contributed by atoms with Gasteiger partial charge in [0.25, 0.3) is 0 Å². The number of aryl methyl sites for hydroxylation is 1. The van der Waals surface area contributed by atoms with E-state index in [0.717, 1.165) is 50.6 Å². The number of thiazole rings is 1. The number of likely N-dealkylation sites (N-methyl/N-ethyl adjacent to an activating group) is 1. The van der Waals surface area contributed by atoms with Crippen LogP contribution in [0.1, 0.15) is 72.0 Å². The number of carbonyl (C=O) groups excluding carboxylic acids is 2. The number of aromatic nitrogens is 1. The number of carboxylic acids is 1. The molecule has 2 unspecified atom stereocenters. The van der Waals surface area contributed by atoms with Crippen LogP contribution in [0.5, 0.6) is 0 Å². The first kappa shape index (κ1) is 30.9. The number of carboxylic acid groups (broad SMARTS) is 1. The molecule has 6 rings (SSSR count). The van der Waals surface area contributed by atoms with Gasteiger partial charge in [0.1, 0.15) is 29.5 Å². The molecule has 1 saturated carbocycles. The molecule has 230 valence electrons. The maximum Gasteiger partial charge on any atom is 0.430 e. The number of fused-ring (bicyclic) bond motifs is 2. The molecular formula is C31H42F3N4O3S+. The fraction of sp³-hybridized carbons (Fsp3) is 0.645. The Morgan fingerprint density at radius 1 is 1.14 bits per heavy atom. The van der Waals surface area contributed by atoms with Crippen LogP contribution in [-0.2, 0) is 21.5 Å². The third kappa shape index (κ3) is 6.38. The van der Waals surface area contributed by atoms with Gasteiger partial charge in [-0.1, -0.05) is 49.6 Å². The number of nitrogens with two attached hydrogens (primary N) is 1. The molecular weight excluding hydrogens is 565 g/mol. The smallest absolute Gasteiger partial charge is 0.430 e. The van der Waals surface area contributed by atoms with Crippen molar-refractivity contribution in [2.45, 2.75) is 82.0 Å². The van der Waals surface area contributed by atoms with Crippen molar-refractivity contribution in [3.63, 3.8) is 0 Å². The van der Waals surface area contributed by atoms with Crippen molar-refractivity contribution in [2.24, 2.45) is 11.8 Å². The van der Waals surface area contributed by atoms with E-state index in [4.69, 9.17) is 14.9 Å². The van der Waals surface area contributed by atoms with E-state index in [2.05, 4.69) is 54.5 Å². The number of benzene rings is 1. The quantitative estimate of drug-likeness (QED) is 0.554. The fourth-order valence-corrected chi connectivity index (χ4v) is 9.26. The molecule has 1 aromatic heterocycles. The second kappa shape index (κ2) is 12.6. The SMILES string of the molecule is Cc1nc2c(s1)[C@@]1(C[NH2+]CC1C(=O)N1CC[C@@H](c3ccccc3)C[C@H]1C1CCCCC1)C[NH+](C)C2.O=C([O-])C(F)(F)F. The summed E-state index contributed by atoms with van der Waals surface area (Å²) in [5, 5.41) is 12.4. The number of aliphatic carboxylic acids is 1. The predicted octanol–water partition coefficient (Wildman–Crippen LogP) is 1.56. The normalized spacial score (nSPS) is 30.0. The highest BCUT2D eigenvalue weighted by molar-refractivity contribution is 7.11. The maximum atomic E-state index is 14.6. The highest BCUT2D eigenvalue weighted by atomic mass is 32.1. The van der Waals surface area contributed by atoms with Crippen LogP contribution < -0.4 is 15.3 Å². The zero-order valence-corrected chi connectivity index (χ0v) is 25.2. The molecule has 1 aliphatic carbocycles. The molecule has 11 heteroatoms. The van der Waals surface area contributed by atoms with Crippen molar-refractivity contribution < 1.29 is 38.1 Å². The number of piperidine rings is 1. The number of nitrogens with zero attached hydrogens (tertiary/aromatic N) is 2. The van der Waals surface area contributed by atoms with Gasteiger partial charge in [0.2, 0.25) is 5.91 Å². The molecule has 2 saturated heterocycles. The molecule has 1 spiro atoms. The minimum atomic E-state index is -5.19. The lowest BCUT2D eigenvalue weighted by molar-refractivity contribution is -0.902. The molecule has 42 heavy (non-hydrogen) atoms. The first-order chi connectivity index (χ1) is 20.0. The highest BCUT2D eigenvalue weighted by Gasteiger charge is 2.59. The van der Waals surface area contributed by atoms with E-state index in [1.54, 1.807) is 0 Å². The van der Waals surface area contributed by atoms with Crippen LogP contribution in [-0.4, -0.2) is 67.2 Å². The number of quaternary nitrogens is 2. The molecule has 5 atom stereocenters. The lowest BCUT2D eigenvalue weighted by atomic mass is 9.71.